The summed E-state index contributed by atoms with van der Waals surface area (Å²) in [5.74, 6) is 0. The highest BCUT2D eigenvalue weighted by Gasteiger charge is 2.37. The van der Waals surface area contributed by atoms with E-state index in [-0.39, 0.29) is 0 Å². The van der Waals surface area contributed by atoms with Crippen LogP contribution >= 0.6 is 7.60 Å². The molecule has 0 bridgehead atoms. The van der Waals surface area contributed by atoms with E-state index in [0.717, 1.165) is 6.26 Å². The van der Waals surface area contributed by atoms with Gasteiger partial charge in [-0.15, -0.1) is 0 Å². The van der Waals surface area contributed by atoms with Crippen LogP contribution in [0.25, 0.3) is 0 Å². The first-order valence-electron chi connectivity index (χ1n) is 5.47. The summed E-state index contributed by atoms with van der Waals surface area (Å²) in [6, 6.07) is 0. The van der Waals surface area contributed by atoms with Crippen LogP contribution in [-0.2, 0) is 27.3 Å². The molecule has 0 aliphatic carbocycles. The number of hydrogen-bond acceptors (Lipinski definition) is 6. The van der Waals surface area contributed by atoms with Gasteiger partial charge in [-0.05, 0) is 39.3 Å². The maximum atomic E-state index is 12.5. The van der Waals surface area contributed by atoms with Gasteiger partial charge >= 0.3 is 7.60 Å². The van der Waals surface area contributed by atoms with Crippen molar-refractivity contribution in [2.24, 2.45) is 0 Å². The molecule has 6 nitrogen and oxygen atoms in total. The second kappa shape index (κ2) is 5.86. The van der Waals surface area contributed by atoms with E-state index in [1.165, 1.54) is 0 Å². The van der Waals surface area contributed by atoms with Gasteiger partial charge in [-0.1, -0.05) is 0 Å². The Morgan fingerprint density at radius 2 is 1.28 bits per heavy atom. The maximum Gasteiger partial charge on any atom is 0.338 e. The normalized spacial score (nSPS) is 14.8. The Morgan fingerprint density at radius 1 is 0.944 bits per heavy atom. The van der Waals surface area contributed by atoms with Crippen LogP contribution in [0.2, 0.25) is 39.3 Å². The van der Waals surface area contributed by atoms with Gasteiger partial charge in [0.1, 0.15) is 0 Å². The summed E-state index contributed by atoms with van der Waals surface area (Å²) in [4.78, 5) is 0. The van der Waals surface area contributed by atoms with Crippen molar-refractivity contribution in [2.75, 3.05) is 12.6 Å². The van der Waals surface area contributed by atoms with E-state index in [2.05, 4.69) is 4.18 Å². The average Bonchev–Trinajstić information content (AvgIpc) is 1.91. The molecular formula is C8H23O6PSSi2. The van der Waals surface area contributed by atoms with Gasteiger partial charge in [-0.3, -0.25) is 8.75 Å². The topological polar surface area (TPSA) is 78.9 Å². The van der Waals surface area contributed by atoms with Crippen LogP contribution in [0, 0.1) is 0 Å². The van der Waals surface area contributed by atoms with E-state index < -0.39 is 40.7 Å². The Bertz CT molecular complexity index is 402. The van der Waals surface area contributed by atoms with Crippen molar-refractivity contribution >= 4 is 34.3 Å². The van der Waals surface area contributed by atoms with Crippen molar-refractivity contribution in [3.8, 4) is 0 Å². The van der Waals surface area contributed by atoms with E-state index >= 15 is 0 Å². The Hall–Kier alpha value is 0.494. The highest BCUT2D eigenvalue weighted by atomic mass is 32.2. The first-order chi connectivity index (χ1) is 7.62. The smallest absolute Gasteiger partial charge is 0.338 e. The van der Waals surface area contributed by atoms with Gasteiger partial charge in [0.05, 0.1) is 6.26 Å². The van der Waals surface area contributed by atoms with Gasteiger partial charge in [0.15, 0.2) is 23.0 Å². The van der Waals surface area contributed by atoms with Crippen LogP contribution in [0.5, 0.6) is 0 Å². The van der Waals surface area contributed by atoms with Gasteiger partial charge in [0, 0.05) is 0 Å². The minimum absolute atomic E-state index is 0.555. The third kappa shape index (κ3) is 10.4. The fraction of sp³-hybridized carbons (Fsp3) is 1.00. The monoisotopic (exact) mass is 334 g/mol. The quantitative estimate of drug-likeness (QED) is 0.405. The average molecular weight is 334 g/mol. The van der Waals surface area contributed by atoms with Crippen LogP contribution < -0.4 is 0 Å². The molecule has 0 aromatic rings. The molecule has 10 heteroatoms. The van der Waals surface area contributed by atoms with Gasteiger partial charge in [0.2, 0.25) is 0 Å². The van der Waals surface area contributed by atoms with E-state index in [0.29, 0.717) is 0 Å². The summed E-state index contributed by atoms with van der Waals surface area (Å²) < 4.78 is 50.1. The lowest BCUT2D eigenvalue weighted by molar-refractivity contribution is 0.310. The van der Waals surface area contributed by atoms with Crippen molar-refractivity contribution in [1.29, 1.82) is 0 Å². The molecule has 0 heterocycles. The van der Waals surface area contributed by atoms with Crippen LogP contribution in [0.4, 0.5) is 0 Å². The molecule has 0 aliphatic rings. The molecule has 0 rings (SSSR count). The lowest BCUT2D eigenvalue weighted by Crippen LogP contribution is -2.31. The fourth-order valence-electron chi connectivity index (χ4n) is 1.07. The zero-order valence-electron chi connectivity index (χ0n) is 12.0. The highest BCUT2D eigenvalue weighted by Crippen LogP contribution is 2.53. The molecule has 18 heavy (non-hydrogen) atoms. The minimum Gasteiger partial charge on any atom is -0.350 e. The minimum atomic E-state index is -3.67. The Morgan fingerprint density at radius 3 is 1.50 bits per heavy atom. The van der Waals surface area contributed by atoms with Gasteiger partial charge in [-0.2, -0.15) is 8.42 Å². The standard InChI is InChI=1S/C8H23O6PSSi2/c1-16(10,11)12-8-15(9,13-17(2,3)4)14-18(5,6)7/h8H2,1-7H3. The van der Waals surface area contributed by atoms with Crippen LogP contribution in [0.1, 0.15) is 0 Å². The van der Waals surface area contributed by atoms with Crippen molar-refractivity contribution in [1.82, 2.24) is 0 Å². The Labute approximate surface area is 112 Å². The summed E-state index contributed by atoms with van der Waals surface area (Å²) in [6.45, 7) is 11.1. The van der Waals surface area contributed by atoms with Crippen molar-refractivity contribution in [2.45, 2.75) is 39.3 Å². The van der Waals surface area contributed by atoms with E-state index in [4.69, 9.17) is 8.43 Å². The van der Waals surface area contributed by atoms with Crippen LogP contribution in [0.3, 0.4) is 0 Å². The molecule has 0 radical (unpaired) electrons. The molecule has 0 amide bonds. The highest BCUT2D eigenvalue weighted by molar-refractivity contribution is 7.86. The summed E-state index contributed by atoms with van der Waals surface area (Å²) in [7, 11) is -11.5. The second-order valence-electron chi connectivity index (χ2n) is 5.97. The predicted molar refractivity (Wildman–Crippen MR) is 77.3 cm³/mol. The summed E-state index contributed by atoms with van der Waals surface area (Å²) >= 11 is 0. The molecule has 0 saturated carbocycles. The van der Waals surface area contributed by atoms with Crippen molar-refractivity contribution < 1.29 is 25.6 Å². The molecular weight excluding hydrogens is 311 g/mol. The molecule has 0 atom stereocenters. The van der Waals surface area contributed by atoms with Crippen LogP contribution in [-0.4, -0.2) is 37.7 Å². The van der Waals surface area contributed by atoms with E-state index in [1.807, 2.05) is 39.3 Å². The number of rotatable bonds is 7. The molecule has 0 aromatic carbocycles. The predicted octanol–water partition coefficient (Wildman–Crippen LogP) is 2.82. The first kappa shape index (κ1) is 18.5. The largest absolute Gasteiger partial charge is 0.350 e. The van der Waals surface area contributed by atoms with Crippen LogP contribution in [0.15, 0.2) is 0 Å². The summed E-state index contributed by atoms with van der Waals surface area (Å²) in [5.41, 5.74) is 0. The molecule has 0 aromatic heterocycles. The molecule has 0 unspecified atom stereocenters. The fourth-order valence-corrected chi connectivity index (χ4v) is 9.93. The van der Waals surface area contributed by atoms with Crippen molar-refractivity contribution in [3.05, 3.63) is 0 Å². The first-order valence-corrected chi connectivity index (χ1v) is 15.8. The third-order valence-electron chi connectivity index (χ3n) is 1.25. The zero-order valence-corrected chi connectivity index (χ0v) is 15.7. The zero-order chi connectivity index (χ0) is 14.8. The molecule has 0 aliphatic heterocycles. The van der Waals surface area contributed by atoms with E-state index in [9.17, 15) is 13.0 Å². The number of hydrogen-bond donors (Lipinski definition) is 0. The molecule has 0 spiro atoms. The molecule has 0 N–H and O–H groups in total. The lowest BCUT2D eigenvalue weighted by Gasteiger charge is -2.30. The van der Waals surface area contributed by atoms with Gasteiger partial charge in [0.25, 0.3) is 10.1 Å². The SMILES string of the molecule is C[Si](C)(C)OP(=O)(COS(C)(=O)=O)O[Si](C)(C)C. The maximum absolute atomic E-state index is 12.5. The Balaban J connectivity index is 4.99. The lowest BCUT2D eigenvalue weighted by atomic mass is 11.7. The van der Waals surface area contributed by atoms with Gasteiger partial charge < -0.3 is 8.43 Å². The molecule has 0 fully saturated rings. The third-order valence-corrected chi connectivity index (χ3v) is 9.02. The van der Waals surface area contributed by atoms with E-state index in [1.54, 1.807) is 0 Å². The second-order valence-corrected chi connectivity index (χ2v) is 19.0. The summed E-state index contributed by atoms with van der Waals surface area (Å²) in [5, 5.41) is 0. The molecule has 0 saturated heterocycles. The Kier molecular flexibility index (Phi) is 6.02. The van der Waals surface area contributed by atoms with Gasteiger partial charge in [-0.25, -0.2) is 0 Å². The summed E-state index contributed by atoms with van der Waals surface area (Å²) in [6.07, 6.45) is 0.348. The molecule has 110 valence electrons. The van der Waals surface area contributed by atoms with Crippen molar-refractivity contribution in [3.63, 3.8) is 0 Å².